The Labute approximate surface area is 196 Å². The minimum absolute atomic E-state index is 0.00577. The predicted molar refractivity (Wildman–Crippen MR) is 122 cm³/mol. The second kappa shape index (κ2) is 9.74. The second-order valence-corrected chi connectivity index (χ2v) is 11.1. The summed E-state index contributed by atoms with van der Waals surface area (Å²) in [6, 6.07) is 5.88. The van der Waals surface area contributed by atoms with Crippen LogP contribution < -0.4 is 4.72 Å². The number of sulfonamides is 1. The van der Waals surface area contributed by atoms with Gasteiger partial charge in [0.15, 0.2) is 0 Å². The highest BCUT2D eigenvalue weighted by Gasteiger charge is 2.36. The summed E-state index contributed by atoms with van der Waals surface area (Å²) in [5.41, 5.74) is 0.803. The number of carbonyl (C=O) groups is 2. The van der Waals surface area contributed by atoms with Crippen molar-refractivity contribution < 1.29 is 27.1 Å². The van der Waals surface area contributed by atoms with E-state index in [1.54, 1.807) is 11.0 Å². The van der Waals surface area contributed by atoms with Gasteiger partial charge >= 0.3 is 5.97 Å². The van der Waals surface area contributed by atoms with Crippen molar-refractivity contribution in [3.8, 4) is 0 Å². The molecule has 0 fully saturated rings. The van der Waals surface area contributed by atoms with Crippen molar-refractivity contribution in [3.05, 3.63) is 63.8 Å². The first kappa shape index (κ1) is 23.6. The summed E-state index contributed by atoms with van der Waals surface area (Å²) in [5, 5.41) is 0. The highest BCUT2D eigenvalue weighted by atomic mass is 32.2. The van der Waals surface area contributed by atoms with Crippen molar-refractivity contribution in [1.29, 1.82) is 0 Å². The molecule has 2 aliphatic rings. The highest BCUT2D eigenvalue weighted by Crippen LogP contribution is 2.37. The molecule has 10 heteroatoms. The third kappa shape index (κ3) is 4.87. The van der Waals surface area contributed by atoms with Gasteiger partial charge in [-0.05, 0) is 37.3 Å². The van der Waals surface area contributed by atoms with Crippen molar-refractivity contribution >= 4 is 33.2 Å². The minimum atomic E-state index is -4.12. The molecule has 0 saturated heterocycles. The molecule has 7 nitrogen and oxygen atoms in total. The Kier molecular flexibility index (Phi) is 6.96. The molecular weight excluding hydrogens is 467 g/mol. The van der Waals surface area contributed by atoms with E-state index in [2.05, 4.69) is 10.8 Å². The lowest BCUT2D eigenvalue weighted by Gasteiger charge is -2.31. The molecule has 1 aliphatic carbocycles. The first-order chi connectivity index (χ1) is 15.8. The standard InChI is InChI=1S/C23H25FN2O5S2/c1-31-22(28)20-17-11-12-26(21(27)15-7-3-2-4-8-15)14-19(17)32-23(20)33(29,30)25-13-16-9-5-6-10-18(16)24/h2-3,5-6,9-10,15,25H,4,7-8,11-14H2,1H3/t15-/m1/s1. The summed E-state index contributed by atoms with van der Waals surface area (Å²) in [6.45, 7) is 0.415. The maximum absolute atomic E-state index is 13.9. The number of hydrogen-bond donors (Lipinski definition) is 1. The second-order valence-electron chi connectivity index (χ2n) is 8.06. The monoisotopic (exact) mass is 492 g/mol. The van der Waals surface area contributed by atoms with Gasteiger partial charge in [-0.1, -0.05) is 30.4 Å². The van der Waals surface area contributed by atoms with E-state index < -0.39 is 21.8 Å². The number of esters is 1. The Morgan fingerprint density at radius 3 is 2.76 bits per heavy atom. The fourth-order valence-corrected chi connectivity index (χ4v) is 7.17. The van der Waals surface area contributed by atoms with E-state index in [0.717, 1.165) is 24.2 Å². The van der Waals surface area contributed by atoms with Crippen LogP contribution in [0.25, 0.3) is 0 Å². The number of ether oxygens (including phenoxy) is 1. The van der Waals surface area contributed by atoms with Crippen LogP contribution in [0.5, 0.6) is 0 Å². The maximum Gasteiger partial charge on any atom is 0.340 e. The lowest BCUT2D eigenvalue weighted by Crippen LogP contribution is -2.39. The first-order valence-corrected chi connectivity index (χ1v) is 13.0. The number of methoxy groups -OCH3 is 1. The van der Waals surface area contributed by atoms with Gasteiger partial charge in [0, 0.05) is 29.4 Å². The van der Waals surface area contributed by atoms with Crippen LogP contribution in [-0.4, -0.2) is 38.8 Å². The van der Waals surface area contributed by atoms with E-state index in [1.807, 2.05) is 6.08 Å². The van der Waals surface area contributed by atoms with Crippen molar-refractivity contribution in [1.82, 2.24) is 9.62 Å². The van der Waals surface area contributed by atoms with Crippen LogP contribution in [0.15, 0.2) is 40.6 Å². The van der Waals surface area contributed by atoms with Crippen LogP contribution in [0.2, 0.25) is 0 Å². The fourth-order valence-electron chi connectivity index (χ4n) is 4.22. The molecule has 2 heterocycles. The van der Waals surface area contributed by atoms with Gasteiger partial charge < -0.3 is 9.64 Å². The molecule has 0 saturated carbocycles. The molecule has 1 amide bonds. The quantitative estimate of drug-likeness (QED) is 0.493. The van der Waals surface area contributed by atoms with Crippen molar-refractivity contribution in [2.75, 3.05) is 13.7 Å². The normalized spacial score (nSPS) is 18.1. The molecule has 1 aromatic carbocycles. The number of halogens is 1. The maximum atomic E-state index is 13.9. The average molecular weight is 493 g/mol. The van der Waals surface area contributed by atoms with Crippen molar-refractivity contribution in [2.45, 2.75) is 43.0 Å². The van der Waals surface area contributed by atoms with Gasteiger partial charge in [-0.15, -0.1) is 11.3 Å². The number of nitrogens with one attached hydrogen (secondary N) is 1. The topological polar surface area (TPSA) is 92.8 Å². The fraction of sp³-hybridized carbons (Fsp3) is 0.391. The number of nitrogens with zero attached hydrogens (tertiary/aromatic N) is 1. The number of hydrogen-bond acceptors (Lipinski definition) is 6. The largest absolute Gasteiger partial charge is 0.465 e. The molecule has 1 aromatic heterocycles. The predicted octanol–water partition coefficient (Wildman–Crippen LogP) is 3.39. The van der Waals surface area contributed by atoms with Gasteiger partial charge in [-0.2, -0.15) is 0 Å². The Balaban J connectivity index is 1.61. The van der Waals surface area contributed by atoms with Gasteiger partial charge in [0.25, 0.3) is 10.0 Å². The summed E-state index contributed by atoms with van der Waals surface area (Å²) in [7, 11) is -2.93. The number of benzene rings is 1. The molecule has 1 N–H and O–H groups in total. The summed E-state index contributed by atoms with van der Waals surface area (Å²) in [4.78, 5) is 27.9. The molecule has 4 rings (SSSR count). The molecule has 0 radical (unpaired) electrons. The molecule has 1 atom stereocenters. The molecule has 0 bridgehead atoms. The number of rotatable bonds is 6. The van der Waals surface area contributed by atoms with E-state index >= 15 is 0 Å². The van der Waals surface area contributed by atoms with E-state index in [0.29, 0.717) is 29.8 Å². The zero-order valence-corrected chi connectivity index (χ0v) is 19.8. The summed E-state index contributed by atoms with van der Waals surface area (Å²) in [5.74, 6) is -1.27. The Hall–Kier alpha value is -2.56. The molecular formula is C23H25FN2O5S2. The van der Waals surface area contributed by atoms with E-state index in [9.17, 15) is 22.4 Å². The van der Waals surface area contributed by atoms with Crippen LogP contribution in [0, 0.1) is 11.7 Å². The number of amides is 1. The van der Waals surface area contributed by atoms with E-state index in [4.69, 9.17) is 4.74 Å². The van der Waals surface area contributed by atoms with E-state index in [-0.39, 0.29) is 40.3 Å². The SMILES string of the molecule is COC(=O)c1c(S(=O)(=O)NCc2ccccc2F)sc2c1CCN(C(=O)[C@@H]1CC=CCC1)C2. The third-order valence-electron chi connectivity index (χ3n) is 6.00. The summed E-state index contributed by atoms with van der Waals surface area (Å²) >= 11 is 0.967. The lowest BCUT2D eigenvalue weighted by atomic mass is 9.92. The van der Waals surface area contributed by atoms with Crippen LogP contribution in [0.4, 0.5) is 4.39 Å². The van der Waals surface area contributed by atoms with Crippen molar-refractivity contribution in [3.63, 3.8) is 0 Å². The van der Waals surface area contributed by atoms with E-state index in [1.165, 1.54) is 25.3 Å². The molecule has 1 aliphatic heterocycles. The molecule has 0 spiro atoms. The highest BCUT2D eigenvalue weighted by molar-refractivity contribution is 7.91. The summed E-state index contributed by atoms with van der Waals surface area (Å²) < 4.78 is 47.3. The van der Waals surface area contributed by atoms with Gasteiger partial charge in [-0.3, -0.25) is 4.79 Å². The Morgan fingerprint density at radius 1 is 1.27 bits per heavy atom. The Morgan fingerprint density at radius 2 is 2.06 bits per heavy atom. The average Bonchev–Trinajstić information content (AvgIpc) is 3.23. The van der Waals surface area contributed by atoms with Gasteiger partial charge in [0.1, 0.15) is 10.0 Å². The van der Waals surface area contributed by atoms with Gasteiger partial charge in [-0.25, -0.2) is 22.3 Å². The minimum Gasteiger partial charge on any atom is -0.465 e. The first-order valence-electron chi connectivity index (χ1n) is 10.7. The zero-order chi connectivity index (χ0) is 23.6. The number of allylic oxidation sites excluding steroid dienone is 2. The Bertz CT molecular complexity index is 1210. The van der Waals surface area contributed by atoms with Gasteiger partial charge in [0.2, 0.25) is 5.91 Å². The van der Waals surface area contributed by atoms with Gasteiger partial charge in [0.05, 0.1) is 19.2 Å². The van der Waals surface area contributed by atoms with Crippen LogP contribution in [0.1, 0.15) is 45.6 Å². The lowest BCUT2D eigenvalue weighted by molar-refractivity contribution is -0.136. The molecule has 2 aromatic rings. The summed E-state index contributed by atoms with van der Waals surface area (Å²) in [6.07, 6.45) is 6.85. The van der Waals surface area contributed by atoms with Crippen LogP contribution >= 0.6 is 11.3 Å². The number of thiophene rings is 1. The third-order valence-corrected chi connectivity index (χ3v) is 9.13. The molecule has 176 valence electrons. The molecule has 33 heavy (non-hydrogen) atoms. The zero-order valence-electron chi connectivity index (χ0n) is 18.2. The smallest absolute Gasteiger partial charge is 0.340 e. The van der Waals surface area contributed by atoms with Crippen LogP contribution in [-0.2, 0) is 39.1 Å². The number of carbonyl (C=O) groups excluding carboxylic acids is 2. The van der Waals surface area contributed by atoms with Crippen molar-refractivity contribution in [2.24, 2.45) is 5.92 Å². The molecule has 0 unspecified atom stereocenters. The number of fused-ring (bicyclic) bond motifs is 1. The van der Waals surface area contributed by atoms with Crippen LogP contribution in [0.3, 0.4) is 0 Å².